The smallest absolute Gasteiger partial charge is 0.120 e. The Kier molecular flexibility index (Phi) is 2.40. The number of furan rings is 1. The van der Waals surface area contributed by atoms with Gasteiger partial charge in [0, 0.05) is 6.04 Å². The van der Waals surface area contributed by atoms with E-state index in [9.17, 15) is 0 Å². The summed E-state index contributed by atoms with van der Waals surface area (Å²) in [7, 11) is 0. The number of aryl methyl sites for hydroxylation is 1. The van der Waals surface area contributed by atoms with E-state index in [0.717, 1.165) is 18.2 Å². The standard InChI is InChI=1S/C11H17NO/c1-8-3-4-10(8)12-7-11-9(2)5-6-13-11/h5-6,8,10,12H,3-4,7H2,1-2H3. The summed E-state index contributed by atoms with van der Waals surface area (Å²) < 4.78 is 5.36. The molecule has 72 valence electrons. The molecular weight excluding hydrogens is 162 g/mol. The number of nitrogens with one attached hydrogen (secondary N) is 1. The van der Waals surface area contributed by atoms with Crippen LogP contribution in [0.5, 0.6) is 0 Å². The van der Waals surface area contributed by atoms with E-state index in [1.807, 2.05) is 6.07 Å². The van der Waals surface area contributed by atoms with Crippen molar-refractivity contribution in [1.82, 2.24) is 5.32 Å². The fraction of sp³-hybridized carbons (Fsp3) is 0.636. The molecule has 1 fully saturated rings. The van der Waals surface area contributed by atoms with Crippen LogP contribution in [0.1, 0.15) is 31.1 Å². The van der Waals surface area contributed by atoms with E-state index in [1.165, 1.54) is 18.4 Å². The van der Waals surface area contributed by atoms with E-state index in [2.05, 4.69) is 19.2 Å². The van der Waals surface area contributed by atoms with Gasteiger partial charge in [0.25, 0.3) is 0 Å². The first-order valence-corrected chi connectivity index (χ1v) is 5.03. The molecule has 1 N–H and O–H groups in total. The maximum absolute atomic E-state index is 5.36. The van der Waals surface area contributed by atoms with E-state index in [-0.39, 0.29) is 0 Å². The molecule has 0 spiro atoms. The predicted octanol–water partition coefficient (Wildman–Crippen LogP) is 2.48. The normalized spacial score (nSPS) is 27.2. The molecule has 2 nitrogen and oxygen atoms in total. The Morgan fingerprint density at radius 3 is 2.85 bits per heavy atom. The van der Waals surface area contributed by atoms with Gasteiger partial charge >= 0.3 is 0 Å². The second-order valence-electron chi connectivity index (χ2n) is 4.07. The van der Waals surface area contributed by atoms with Crippen molar-refractivity contribution >= 4 is 0 Å². The van der Waals surface area contributed by atoms with Crippen molar-refractivity contribution in [2.75, 3.05) is 0 Å². The maximum atomic E-state index is 5.36. The molecule has 2 heteroatoms. The minimum atomic E-state index is 0.712. The zero-order valence-corrected chi connectivity index (χ0v) is 8.34. The molecule has 0 saturated heterocycles. The summed E-state index contributed by atoms with van der Waals surface area (Å²) in [6.45, 7) is 5.27. The van der Waals surface area contributed by atoms with E-state index < -0.39 is 0 Å². The molecule has 1 saturated carbocycles. The van der Waals surface area contributed by atoms with E-state index >= 15 is 0 Å². The van der Waals surface area contributed by atoms with Crippen LogP contribution in [0.15, 0.2) is 16.7 Å². The largest absolute Gasteiger partial charge is 0.468 e. The lowest BCUT2D eigenvalue weighted by molar-refractivity contribution is 0.223. The van der Waals surface area contributed by atoms with Gasteiger partial charge in [-0.05, 0) is 37.3 Å². The van der Waals surface area contributed by atoms with Gasteiger partial charge in [0.2, 0.25) is 0 Å². The minimum absolute atomic E-state index is 0.712. The summed E-state index contributed by atoms with van der Waals surface area (Å²) in [6.07, 6.45) is 4.45. The second kappa shape index (κ2) is 3.54. The third kappa shape index (κ3) is 1.78. The monoisotopic (exact) mass is 179 g/mol. The zero-order valence-electron chi connectivity index (χ0n) is 8.34. The highest BCUT2D eigenvalue weighted by molar-refractivity contribution is 5.14. The van der Waals surface area contributed by atoms with Crippen molar-refractivity contribution < 1.29 is 4.42 Å². The Morgan fingerprint density at radius 2 is 2.38 bits per heavy atom. The Labute approximate surface area is 79.3 Å². The van der Waals surface area contributed by atoms with Gasteiger partial charge in [0.05, 0.1) is 12.8 Å². The van der Waals surface area contributed by atoms with Crippen LogP contribution in [0.4, 0.5) is 0 Å². The van der Waals surface area contributed by atoms with Crippen molar-refractivity contribution in [3.05, 3.63) is 23.7 Å². The van der Waals surface area contributed by atoms with E-state index in [0.29, 0.717) is 6.04 Å². The molecule has 0 aliphatic heterocycles. The molecular formula is C11H17NO. The molecule has 1 aliphatic carbocycles. The Bertz CT molecular complexity index is 279. The second-order valence-corrected chi connectivity index (χ2v) is 4.07. The first-order valence-electron chi connectivity index (χ1n) is 5.03. The molecule has 1 aromatic heterocycles. The summed E-state index contributed by atoms with van der Waals surface area (Å²) in [5.41, 5.74) is 1.25. The van der Waals surface area contributed by atoms with E-state index in [4.69, 9.17) is 4.42 Å². The Hall–Kier alpha value is -0.760. The zero-order chi connectivity index (χ0) is 9.26. The van der Waals surface area contributed by atoms with Crippen LogP contribution in [0.2, 0.25) is 0 Å². The van der Waals surface area contributed by atoms with Crippen molar-refractivity contribution in [2.24, 2.45) is 5.92 Å². The first kappa shape index (κ1) is 8.82. The SMILES string of the molecule is Cc1ccoc1CNC1CCC1C. The van der Waals surface area contributed by atoms with E-state index in [1.54, 1.807) is 6.26 Å². The van der Waals surface area contributed by atoms with Crippen LogP contribution in [0, 0.1) is 12.8 Å². The quantitative estimate of drug-likeness (QED) is 0.771. The van der Waals surface area contributed by atoms with Crippen LogP contribution in [0.3, 0.4) is 0 Å². The van der Waals surface area contributed by atoms with Crippen molar-refractivity contribution in [2.45, 2.75) is 39.3 Å². The van der Waals surface area contributed by atoms with Crippen LogP contribution in [-0.2, 0) is 6.54 Å². The molecule has 2 atom stereocenters. The molecule has 1 heterocycles. The molecule has 0 aromatic carbocycles. The van der Waals surface area contributed by atoms with Gasteiger partial charge in [-0.2, -0.15) is 0 Å². The molecule has 0 amide bonds. The highest BCUT2D eigenvalue weighted by atomic mass is 16.3. The lowest BCUT2D eigenvalue weighted by atomic mass is 9.81. The lowest BCUT2D eigenvalue weighted by Crippen LogP contribution is -2.41. The van der Waals surface area contributed by atoms with Gasteiger partial charge in [-0.3, -0.25) is 0 Å². The summed E-state index contributed by atoms with van der Waals surface area (Å²) in [5, 5.41) is 3.52. The number of hydrogen-bond donors (Lipinski definition) is 1. The maximum Gasteiger partial charge on any atom is 0.120 e. The van der Waals surface area contributed by atoms with Crippen LogP contribution >= 0.6 is 0 Å². The predicted molar refractivity (Wildman–Crippen MR) is 52.5 cm³/mol. The van der Waals surface area contributed by atoms with Crippen LogP contribution in [0.25, 0.3) is 0 Å². The van der Waals surface area contributed by atoms with Crippen molar-refractivity contribution in [3.63, 3.8) is 0 Å². The summed E-state index contributed by atoms with van der Waals surface area (Å²) in [4.78, 5) is 0. The third-order valence-electron chi connectivity index (χ3n) is 3.11. The summed E-state index contributed by atoms with van der Waals surface area (Å²) in [6, 6.07) is 2.73. The molecule has 1 aromatic rings. The molecule has 2 rings (SSSR count). The summed E-state index contributed by atoms with van der Waals surface area (Å²) in [5.74, 6) is 1.93. The molecule has 1 aliphatic rings. The first-order chi connectivity index (χ1) is 6.27. The highest BCUT2D eigenvalue weighted by Gasteiger charge is 2.26. The molecule has 0 radical (unpaired) electrons. The van der Waals surface area contributed by atoms with Gasteiger partial charge in [-0.1, -0.05) is 6.92 Å². The average Bonchev–Trinajstić information content (AvgIpc) is 2.50. The van der Waals surface area contributed by atoms with Gasteiger partial charge in [-0.25, -0.2) is 0 Å². The molecule has 13 heavy (non-hydrogen) atoms. The average molecular weight is 179 g/mol. The minimum Gasteiger partial charge on any atom is -0.468 e. The van der Waals surface area contributed by atoms with Crippen LogP contribution in [-0.4, -0.2) is 6.04 Å². The lowest BCUT2D eigenvalue weighted by Gasteiger charge is -2.34. The molecule has 2 unspecified atom stereocenters. The fourth-order valence-electron chi connectivity index (χ4n) is 1.78. The third-order valence-corrected chi connectivity index (χ3v) is 3.11. The van der Waals surface area contributed by atoms with Crippen molar-refractivity contribution in [1.29, 1.82) is 0 Å². The highest BCUT2D eigenvalue weighted by Crippen LogP contribution is 2.26. The van der Waals surface area contributed by atoms with Crippen LogP contribution < -0.4 is 5.32 Å². The van der Waals surface area contributed by atoms with Gasteiger partial charge in [0.15, 0.2) is 0 Å². The van der Waals surface area contributed by atoms with Gasteiger partial charge in [0.1, 0.15) is 5.76 Å². The number of rotatable bonds is 3. The Morgan fingerprint density at radius 1 is 1.54 bits per heavy atom. The topological polar surface area (TPSA) is 25.2 Å². The fourth-order valence-corrected chi connectivity index (χ4v) is 1.78. The van der Waals surface area contributed by atoms with Gasteiger partial charge in [-0.15, -0.1) is 0 Å². The molecule has 0 bridgehead atoms. The van der Waals surface area contributed by atoms with Crippen molar-refractivity contribution in [3.8, 4) is 0 Å². The van der Waals surface area contributed by atoms with Gasteiger partial charge < -0.3 is 9.73 Å². The summed E-state index contributed by atoms with van der Waals surface area (Å²) >= 11 is 0. The number of hydrogen-bond acceptors (Lipinski definition) is 2. The Balaban J connectivity index is 1.83.